The van der Waals surface area contributed by atoms with Crippen LogP contribution in [0.3, 0.4) is 0 Å². The molecule has 0 saturated carbocycles. The minimum atomic E-state index is 0.174. The van der Waals surface area contributed by atoms with E-state index in [1.54, 1.807) is 0 Å². The summed E-state index contributed by atoms with van der Waals surface area (Å²) in [5.41, 5.74) is 0. The first-order valence-electron chi connectivity index (χ1n) is 8.94. The summed E-state index contributed by atoms with van der Waals surface area (Å²) in [6.45, 7) is 11.2. The summed E-state index contributed by atoms with van der Waals surface area (Å²) < 4.78 is 10.9. The summed E-state index contributed by atoms with van der Waals surface area (Å²) in [5, 5.41) is 0. The zero-order valence-electron chi connectivity index (χ0n) is 14.3. The van der Waals surface area contributed by atoms with E-state index in [9.17, 15) is 4.79 Å². The van der Waals surface area contributed by atoms with Gasteiger partial charge in [0.2, 0.25) is 5.91 Å². The van der Waals surface area contributed by atoms with Gasteiger partial charge in [0.1, 0.15) is 0 Å². The van der Waals surface area contributed by atoms with Gasteiger partial charge in [-0.1, -0.05) is 13.8 Å². The van der Waals surface area contributed by atoms with E-state index in [1.807, 2.05) is 0 Å². The molecule has 5 heteroatoms. The zero-order valence-corrected chi connectivity index (χ0v) is 14.3. The number of amides is 1. The summed E-state index contributed by atoms with van der Waals surface area (Å²) in [5.74, 6) is 0.526. The molecule has 2 saturated heterocycles. The number of morpholine rings is 1. The van der Waals surface area contributed by atoms with Crippen molar-refractivity contribution in [2.75, 3.05) is 52.6 Å². The average Bonchev–Trinajstić information content (AvgIpc) is 2.58. The molecule has 128 valence electrons. The van der Waals surface area contributed by atoms with Gasteiger partial charge in [0.25, 0.3) is 0 Å². The number of rotatable bonds is 7. The van der Waals surface area contributed by atoms with Crippen LogP contribution < -0.4 is 0 Å². The molecule has 22 heavy (non-hydrogen) atoms. The van der Waals surface area contributed by atoms with Crippen molar-refractivity contribution in [1.82, 2.24) is 9.80 Å². The van der Waals surface area contributed by atoms with Crippen molar-refractivity contribution >= 4 is 5.91 Å². The van der Waals surface area contributed by atoms with Crippen LogP contribution >= 0.6 is 0 Å². The minimum Gasteiger partial charge on any atom is -0.381 e. The Labute approximate surface area is 134 Å². The molecule has 2 fully saturated rings. The summed E-state index contributed by atoms with van der Waals surface area (Å²) >= 11 is 0. The summed E-state index contributed by atoms with van der Waals surface area (Å²) in [7, 11) is 0. The Bertz CT molecular complexity index is 322. The van der Waals surface area contributed by atoms with Crippen LogP contribution in [0.15, 0.2) is 0 Å². The van der Waals surface area contributed by atoms with Gasteiger partial charge in [0, 0.05) is 51.4 Å². The molecule has 0 radical (unpaired) electrons. The van der Waals surface area contributed by atoms with Crippen molar-refractivity contribution in [1.29, 1.82) is 0 Å². The van der Waals surface area contributed by atoms with Crippen molar-refractivity contribution in [2.45, 2.75) is 45.6 Å². The Kier molecular flexibility index (Phi) is 7.63. The molecule has 0 bridgehead atoms. The van der Waals surface area contributed by atoms with Crippen LogP contribution in [-0.2, 0) is 14.3 Å². The van der Waals surface area contributed by atoms with E-state index < -0.39 is 0 Å². The van der Waals surface area contributed by atoms with E-state index >= 15 is 0 Å². The molecular formula is C17H32N2O3. The fraction of sp³-hybridized carbons (Fsp3) is 0.941. The highest BCUT2D eigenvalue weighted by molar-refractivity contribution is 5.79. The third kappa shape index (κ3) is 4.93. The summed E-state index contributed by atoms with van der Waals surface area (Å²) in [4.78, 5) is 17.5. The van der Waals surface area contributed by atoms with Gasteiger partial charge in [-0.05, 0) is 25.7 Å². The first-order chi connectivity index (χ1) is 10.8. The largest absolute Gasteiger partial charge is 0.381 e. The van der Waals surface area contributed by atoms with Gasteiger partial charge in [0.05, 0.1) is 13.2 Å². The first-order valence-corrected chi connectivity index (χ1v) is 8.94. The summed E-state index contributed by atoms with van der Waals surface area (Å²) in [6.07, 6.45) is 3.84. The van der Waals surface area contributed by atoms with E-state index in [1.165, 1.54) is 0 Å². The second kappa shape index (κ2) is 9.48. The molecule has 2 aliphatic rings. The lowest BCUT2D eigenvalue weighted by atomic mass is 9.98. The third-order valence-corrected chi connectivity index (χ3v) is 5.01. The van der Waals surface area contributed by atoms with Gasteiger partial charge < -0.3 is 14.4 Å². The Balaban J connectivity index is 1.95. The Morgan fingerprint density at radius 3 is 2.27 bits per heavy atom. The molecule has 0 aromatic heterocycles. The highest BCUT2D eigenvalue weighted by Crippen LogP contribution is 2.20. The van der Waals surface area contributed by atoms with Crippen LogP contribution in [0, 0.1) is 5.92 Å². The molecule has 2 rings (SSSR count). The maximum absolute atomic E-state index is 12.9. The Morgan fingerprint density at radius 2 is 1.68 bits per heavy atom. The predicted octanol–water partition coefficient (Wildman–Crippen LogP) is 1.76. The van der Waals surface area contributed by atoms with E-state index in [-0.39, 0.29) is 5.92 Å². The van der Waals surface area contributed by atoms with Gasteiger partial charge in [-0.15, -0.1) is 0 Å². The molecule has 0 aliphatic carbocycles. The fourth-order valence-electron chi connectivity index (χ4n) is 3.42. The molecule has 0 spiro atoms. The molecule has 0 N–H and O–H groups in total. The highest BCUT2D eigenvalue weighted by atomic mass is 16.5. The second-order valence-corrected chi connectivity index (χ2v) is 6.34. The normalized spacial score (nSPS) is 21.2. The maximum atomic E-state index is 12.9. The standard InChI is InChI=1S/C17H32N2O3/c1-3-15(4-2)17(20)19(16-5-11-21-12-6-16)8-7-18-9-13-22-14-10-18/h15-16H,3-14H2,1-2H3. The molecule has 2 heterocycles. The van der Waals surface area contributed by atoms with Crippen LogP contribution in [0.25, 0.3) is 0 Å². The van der Waals surface area contributed by atoms with E-state index in [4.69, 9.17) is 9.47 Å². The van der Waals surface area contributed by atoms with Gasteiger partial charge in [-0.2, -0.15) is 0 Å². The number of hydrogen-bond donors (Lipinski definition) is 0. The fourth-order valence-corrected chi connectivity index (χ4v) is 3.42. The van der Waals surface area contributed by atoms with Crippen LogP contribution in [0.1, 0.15) is 39.5 Å². The van der Waals surface area contributed by atoms with Crippen molar-refractivity contribution < 1.29 is 14.3 Å². The number of ether oxygens (including phenoxy) is 2. The lowest BCUT2D eigenvalue weighted by Gasteiger charge is -2.38. The first kappa shape index (κ1) is 17.7. The lowest BCUT2D eigenvalue weighted by Crippen LogP contribution is -2.50. The molecule has 0 aromatic rings. The topological polar surface area (TPSA) is 42.0 Å². The van der Waals surface area contributed by atoms with Gasteiger partial charge >= 0.3 is 0 Å². The van der Waals surface area contributed by atoms with Gasteiger partial charge in [-0.25, -0.2) is 0 Å². The molecule has 5 nitrogen and oxygen atoms in total. The third-order valence-electron chi connectivity index (χ3n) is 5.01. The quantitative estimate of drug-likeness (QED) is 0.718. The maximum Gasteiger partial charge on any atom is 0.225 e. The molecular weight excluding hydrogens is 280 g/mol. The van der Waals surface area contributed by atoms with Crippen LogP contribution in [-0.4, -0.2) is 74.4 Å². The monoisotopic (exact) mass is 312 g/mol. The molecule has 0 unspecified atom stereocenters. The molecule has 1 amide bonds. The smallest absolute Gasteiger partial charge is 0.225 e. The van der Waals surface area contributed by atoms with Gasteiger partial charge in [0.15, 0.2) is 0 Å². The minimum absolute atomic E-state index is 0.174. The van der Waals surface area contributed by atoms with E-state index in [0.717, 1.165) is 78.3 Å². The molecule has 0 aromatic carbocycles. The molecule has 0 atom stereocenters. The number of nitrogens with zero attached hydrogens (tertiary/aromatic N) is 2. The number of carbonyl (C=O) groups excluding carboxylic acids is 1. The Morgan fingerprint density at radius 1 is 1.09 bits per heavy atom. The number of carbonyl (C=O) groups is 1. The van der Waals surface area contributed by atoms with Crippen LogP contribution in [0.5, 0.6) is 0 Å². The predicted molar refractivity (Wildman–Crippen MR) is 86.9 cm³/mol. The summed E-state index contributed by atoms with van der Waals surface area (Å²) in [6, 6.07) is 0.364. The van der Waals surface area contributed by atoms with Crippen LogP contribution in [0.4, 0.5) is 0 Å². The van der Waals surface area contributed by atoms with Crippen molar-refractivity contribution in [3.05, 3.63) is 0 Å². The van der Waals surface area contributed by atoms with E-state index in [2.05, 4.69) is 23.6 Å². The van der Waals surface area contributed by atoms with Crippen molar-refractivity contribution in [3.63, 3.8) is 0 Å². The zero-order chi connectivity index (χ0) is 15.8. The SMILES string of the molecule is CCC(CC)C(=O)N(CCN1CCOCC1)C1CCOCC1. The second-order valence-electron chi connectivity index (χ2n) is 6.34. The Hall–Kier alpha value is -0.650. The highest BCUT2D eigenvalue weighted by Gasteiger charge is 2.29. The van der Waals surface area contributed by atoms with Crippen molar-refractivity contribution in [3.8, 4) is 0 Å². The average molecular weight is 312 g/mol. The van der Waals surface area contributed by atoms with E-state index in [0.29, 0.717) is 11.9 Å². The van der Waals surface area contributed by atoms with Crippen molar-refractivity contribution in [2.24, 2.45) is 5.92 Å². The van der Waals surface area contributed by atoms with Gasteiger partial charge in [-0.3, -0.25) is 9.69 Å². The molecule has 2 aliphatic heterocycles. The number of hydrogen-bond acceptors (Lipinski definition) is 4. The lowest BCUT2D eigenvalue weighted by molar-refractivity contribution is -0.140. The van der Waals surface area contributed by atoms with Crippen LogP contribution in [0.2, 0.25) is 0 Å².